The van der Waals surface area contributed by atoms with Crippen molar-refractivity contribution in [2.75, 3.05) is 17.5 Å². The number of nitrogens with zero attached hydrogens (tertiary/aromatic N) is 3. The van der Waals surface area contributed by atoms with Crippen LogP contribution >= 0.6 is 0 Å². The zero-order chi connectivity index (χ0) is 23.5. The van der Waals surface area contributed by atoms with Crippen LogP contribution in [0.3, 0.4) is 0 Å². The number of benzene rings is 3. The number of hydrazine groups is 1. The van der Waals surface area contributed by atoms with Gasteiger partial charge in [0.2, 0.25) is 18.4 Å². The Balaban J connectivity index is 1.33. The molecule has 0 saturated carbocycles. The topological polar surface area (TPSA) is 141 Å². The molecule has 0 aliphatic carbocycles. The SMILES string of the molecule is O=C(NNc1ncnc(NCc2ccc3c(c2)OCO3)c1[N+](=O)[O-])c1cccc2ccccc12. The molecule has 1 aliphatic heterocycles. The second-order valence-corrected chi connectivity index (χ2v) is 7.32. The normalized spacial score (nSPS) is 11.8. The number of nitro groups is 1. The lowest BCUT2D eigenvalue weighted by Gasteiger charge is -2.12. The minimum atomic E-state index is -0.617. The number of carbonyl (C=O) groups excluding carboxylic acids is 1. The molecule has 2 heterocycles. The second-order valence-electron chi connectivity index (χ2n) is 7.32. The molecule has 170 valence electrons. The Morgan fingerprint density at radius 2 is 1.79 bits per heavy atom. The van der Waals surface area contributed by atoms with Crippen molar-refractivity contribution >= 4 is 34.0 Å². The fourth-order valence-electron chi connectivity index (χ4n) is 3.62. The Morgan fingerprint density at radius 1 is 1.00 bits per heavy atom. The van der Waals surface area contributed by atoms with Gasteiger partial charge in [0.25, 0.3) is 5.91 Å². The van der Waals surface area contributed by atoms with Crippen LogP contribution in [0.15, 0.2) is 67.0 Å². The molecule has 0 fully saturated rings. The maximum Gasteiger partial charge on any atom is 0.354 e. The number of rotatable bonds is 7. The molecule has 3 aromatic carbocycles. The van der Waals surface area contributed by atoms with E-state index in [0.29, 0.717) is 17.1 Å². The Hall–Kier alpha value is -4.93. The van der Waals surface area contributed by atoms with E-state index in [1.807, 2.05) is 36.4 Å². The quantitative estimate of drug-likeness (QED) is 0.280. The van der Waals surface area contributed by atoms with Crippen molar-refractivity contribution in [3.8, 4) is 11.5 Å². The lowest BCUT2D eigenvalue weighted by molar-refractivity contribution is -0.383. The highest BCUT2D eigenvalue weighted by molar-refractivity contribution is 6.07. The van der Waals surface area contributed by atoms with Gasteiger partial charge < -0.3 is 14.8 Å². The summed E-state index contributed by atoms with van der Waals surface area (Å²) in [5, 5.41) is 16.4. The summed E-state index contributed by atoms with van der Waals surface area (Å²) >= 11 is 0. The van der Waals surface area contributed by atoms with Crippen LogP contribution in [0.5, 0.6) is 11.5 Å². The van der Waals surface area contributed by atoms with Crippen molar-refractivity contribution in [1.82, 2.24) is 15.4 Å². The monoisotopic (exact) mass is 458 g/mol. The predicted molar refractivity (Wildman–Crippen MR) is 124 cm³/mol. The number of nitrogens with one attached hydrogen (secondary N) is 3. The van der Waals surface area contributed by atoms with Crippen LogP contribution in [-0.4, -0.2) is 27.6 Å². The number of anilines is 2. The first-order chi connectivity index (χ1) is 16.6. The maximum absolute atomic E-state index is 12.8. The Morgan fingerprint density at radius 3 is 2.68 bits per heavy atom. The highest BCUT2D eigenvalue weighted by Gasteiger charge is 2.24. The summed E-state index contributed by atoms with van der Waals surface area (Å²) in [6.45, 7) is 0.402. The van der Waals surface area contributed by atoms with Crippen LogP contribution in [-0.2, 0) is 6.54 Å². The fraction of sp³-hybridized carbons (Fsp3) is 0.0870. The summed E-state index contributed by atoms with van der Waals surface area (Å²) in [4.78, 5) is 31.9. The Kier molecular flexibility index (Phi) is 5.48. The van der Waals surface area contributed by atoms with Gasteiger partial charge in [0.1, 0.15) is 6.33 Å². The van der Waals surface area contributed by atoms with Gasteiger partial charge in [-0.3, -0.25) is 25.8 Å². The first kappa shape index (κ1) is 20.9. The van der Waals surface area contributed by atoms with E-state index < -0.39 is 16.5 Å². The van der Waals surface area contributed by atoms with Crippen LogP contribution in [0.2, 0.25) is 0 Å². The molecule has 34 heavy (non-hydrogen) atoms. The van der Waals surface area contributed by atoms with Gasteiger partial charge in [-0.15, -0.1) is 0 Å². The van der Waals surface area contributed by atoms with Gasteiger partial charge in [0.05, 0.1) is 4.92 Å². The molecule has 0 bridgehead atoms. The average Bonchev–Trinajstić information content (AvgIpc) is 3.33. The van der Waals surface area contributed by atoms with Crippen molar-refractivity contribution in [1.29, 1.82) is 0 Å². The lowest BCUT2D eigenvalue weighted by atomic mass is 10.0. The Bertz CT molecular complexity index is 1400. The van der Waals surface area contributed by atoms with Gasteiger partial charge in [-0.1, -0.05) is 42.5 Å². The molecule has 3 N–H and O–H groups in total. The molecule has 0 radical (unpaired) electrons. The summed E-state index contributed by atoms with van der Waals surface area (Å²) in [7, 11) is 0. The van der Waals surface area contributed by atoms with Gasteiger partial charge in [-0.25, -0.2) is 9.97 Å². The number of hydrogen-bond acceptors (Lipinski definition) is 9. The van der Waals surface area contributed by atoms with E-state index in [1.54, 1.807) is 24.3 Å². The zero-order valence-electron chi connectivity index (χ0n) is 17.6. The summed E-state index contributed by atoms with van der Waals surface area (Å²) in [5.74, 6) is 0.640. The van der Waals surface area contributed by atoms with E-state index in [0.717, 1.165) is 16.3 Å². The largest absolute Gasteiger partial charge is 0.454 e. The first-order valence-electron chi connectivity index (χ1n) is 10.3. The molecule has 1 amide bonds. The first-order valence-corrected chi connectivity index (χ1v) is 10.3. The number of ether oxygens (including phenoxy) is 2. The number of fused-ring (bicyclic) bond motifs is 2. The number of amides is 1. The molecule has 11 nitrogen and oxygen atoms in total. The minimum absolute atomic E-state index is 0.000392. The third kappa shape index (κ3) is 4.09. The summed E-state index contributed by atoms with van der Waals surface area (Å²) in [6.07, 6.45) is 1.17. The van der Waals surface area contributed by atoms with Crippen LogP contribution in [0.4, 0.5) is 17.3 Å². The molecule has 0 unspecified atom stereocenters. The zero-order valence-corrected chi connectivity index (χ0v) is 17.6. The lowest BCUT2D eigenvalue weighted by Crippen LogP contribution is -2.30. The van der Waals surface area contributed by atoms with E-state index >= 15 is 0 Å². The molecule has 4 aromatic rings. The average molecular weight is 458 g/mol. The van der Waals surface area contributed by atoms with Crippen LogP contribution in [0.1, 0.15) is 15.9 Å². The van der Waals surface area contributed by atoms with Crippen molar-refractivity contribution in [2.45, 2.75) is 6.54 Å². The van der Waals surface area contributed by atoms with Gasteiger partial charge in [-0.05, 0) is 34.5 Å². The van der Waals surface area contributed by atoms with E-state index in [1.165, 1.54) is 6.33 Å². The molecule has 1 aromatic heterocycles. The van der Waals surface area contributed by atoms with Crippen LogP contribution < -0.4 is 25.6 Å². The summed E-state index contributed by atoms with van der Waals surface area (Å²) in [5.41, 5.74) is 5.89. The van der Waals surface area contributed by atoms with Crippen molar-refractivity contribution in [3.05, 3.63) is 88.2 Å². The fourth-order valence-corrected chi connectivity index (χ4v) is 3.62. The number of aromatic nitrogens is 2. The molecule has 11 heteroatoms. The summed E-state index contributed by atoms with van der Waals surface area (Å²) in [6, 6.07) is 18.1. The molecular weight excluding hydrogens is 440 g/mol. The van der Waals surface area contributed by atoms with E-state index in [9.17, 15) is 14.9 Å². The van der Waals surface area contributed by atoms with Crippen LogP contribution in [0.25, 0.3) is 10.8 Å². The number of carbonyl (C=O) groups is 1. The van der Waals surface area contributed by atoms with Gasteiger partial charge in [0, 0.05) is 12.1 Å². The molecule has 0 saturated heterocycles. The highest BCUT2D eigenvalue weighted by atomic mass is 16.7. The third-order valence-corrected chi connectivity index (χ3v) is 5.23. The molecule has 1 aliphatic rings. The summed E-state index contributed by atoms with van der Waals surface area (Å²) < 4.78 is 10.6. The standard InChI is InChI=1S/C23H18N6O5/c30-23(17-7-3-5-15-4-1-2-6-16(15)17)28-27-22-20(29(31)32)21(25-12-26-22)24-11-14-8-9-18-19(10-14)34-13-33-18/h1-10,12H,11,13H2,(H,28,30)(H2,24,25,26,27). The van der Waals surface area contributed by atoms with Gasteiger partial charge >= 0.3 is 5.69 Å². The molecule has 5 rings (SSSR count). The smallest absolute Gasteiger partial charge is 0.354 e. The van der Waals surface area contributed by atoms with Crippen LogP contribution in [0, 0.1) is 10.1 Å². The van der Waals surface area contributed by atoms with Crippen molar-refractivity contribution < 1.29 is 19.2 Å². The molecule has 0 spiro atoms. The molecule has 0 atom stereocenters. The van der Waals surface area contributed by atoms with Crippen molar-refractivity contribution in [3.63, 3.8) is 0 Å². The van der Waals surface area contributed by atoms with Crippen molar-refractivity contribution in [2.24, 2.45) is 0 Å². The highest BCUT2D eigenvalue weighted by Crippen LogP contribution is 2.33. The Labute approximate surface area is 192 Å². The molecular formula is C23H18N6O5. The van der Waals surface area contributed by atoms with E-state index in [2.05, 4.69) is 26.1 Å². The van der Waals surface area contributed by atoms with E-state index in [4.69, 9.17) is 9.47 Å². The predicted octanol–water partition coefficient (Wildman–Crippen LogP) is 3.64. The van der Waals surface area contributed by atoms with E-state index in [-0.39, 0.29) is 25.0 Å². The minimum Gasteiger partial charge on any atom is -0.454 e. The second kappa shape index (κ2) is 8.90. The maximum atomic E-state index is 12.8. The number of hydrogen-bond donors (Lipinski definition) is 3. The van der Waals surface area contributed by atoms with Gasteiger partial charge in [-0.2, -0.15) is 0 Å². The third-order valence-electron chi connectivity index (χ3n) is 5.23. The van der Waals surface area contributed by atoms with Gasteiger partial charge in [0.15, 0.2) is 11.5 Å².